The summed E-state index contributed by atoms with van der Waals surface area (Å²) in [4.78, 5) is 11.6. The maximum atomic E-state index is 11.6. The molecule has 18 heavy (non-hydrogen) atoms. The first-order chi connectivity index (χ1) is 8.61. The lowest BCUT2D eigenvalue weighted by Gasteiger charge is -2.46. The Hall–Kier alpha value is -1.31. The van der Waals surface area contributed by atoms with E-state index < -0.39 is 0 Å². The molecule has 0 bridgehead atoms. The second kappa shape index (κ2) is 5.13. The number of piperidine rings is 1. The summed E-state index contributed by atoms with van der Waals surface area (Å²) in [5.74, 6) is 0.215. The molecule has 1 heterocycles. The van der Waals surface area contributed by atoms with Gasteiger partial charge in [0.05, 0.1) is 0 Å². The summed E-state index contributed by atoms with van der Waals surface area (Å²) < 4.78 is 0. The van der Waals surface area contributed by atoms with Crippen molar-refractivity contribution in [3.8, 4) is 0 Å². The molecular weight excluding hydrogens is 222 g/mol. The normalized spacial score (nSPS) is 33.1. The van der Waals surface area contributed by atoms with Gasteiger partial charge in [-0.15, -0.1) is 0 Å². The van der Waals surface area contributed by atoms with Gasteiger partial charge >= 0.3 is 0 Å². The average Bonchev–Trinajstić information content (AvgIpc) is 2.35. The van der Waals surface area contributed by atoms with E-state index in [1.165, 1.54) is 11.1 Å². The molecule has 0 aromatic heterocycles. The predicted octanol–water partition coefficient (Wildman–Crippen LogP) is 3.51. The molecule has 1 aliphatic heterocycles. The lowest BCUT2D eigenvalue weighted by Crippen LogP contribution is -2.53. The Balaban J connectivity index is 2.44. The fourth-order valence-corrected chi connectivity index (χ4v) is 3.33. The number of allylic oxidation sites excluding steroid dienone is 5. The molecule has 1 amide bonds. The van der Waals surface area contributed by atoms with Crippen LogP contribution in [-0.2, 0) is 4.79 Å². The number of hydrogen-bond acceptors (Lipinski definition) is 1. The van der Waals surface area contributed by atoms with Crippen molar-refractivity contribution in [2.24, 2.45) is 5.41 Å². The molecule has 0 radical (unpaired) electrons. The lowest BCUT2D eigenvalue weighted by atomic mass is 9.63. The number of amides is 1. The molecule has 1 saturated heterocycles. The molecule has 0 saturated carbocycles. The standard InChI is InChI=1S/C16H23NO/c1-4-6-12-8-9-14-16(3,13(12)7-5-2)11-10-15(18)17-14/h4-7,14H,8-11H2,1-3H3,(H,17,18)/b6-4-,7-5-/t14-,16?/m1/s1. The molecule has 1 aliphatic carbocycles. The van der Waals surface area contributed by atoms with E-state index in [9.17, 15) is 4.79 Å². The summed E-state index contributed by atoms with van der Waals surface area (Å²) in [6, 6.07) is 0.305. The van der Waals surface area contributed by atoms with E-state index in [4.69, 9.17) is 0 Å². The Kier molecular flexibility index (Phi) is 3.74. The molecule has 1 unspecified atom stereocenters. The van der Waals surface area contributed by atoms with E-state index >= 15 is 0 Å². The second-order valence-corrected chi connectivity index (χ2v) is 5.52. The summed E-state index contributed by atoms with van der Waals surface area (Å²) in [5, 5.41) is 3.18. The summed E-state index contributed by atoms with van der Waals surface area (Å²) in [5.41, 5.74) is 2.96. The van der Waals surface area contributed by atoms with Gasteiger partial charge < -0.3 is 5.32 Å². The van der Waals surface area contributed by atoms with Crippen LogP contribution in [0.3, 0.4) is 0 Å². The number of rotatable bonds is 2. The van der Waals surface area contributed by atoms with Crippen LogP contribution in [-0.4, -0.2) is 11.9 Å². The monoisotopic (exact) mass is 245 g/mol. The third-order valence-electron chi connectivity index (χ3n) is 4.34. The molecule has 1 fully saturated rings. The Morgan fingerprint density at radius 2 is 1.94 bits per heavy atom. The van der Waals surface area contributed by atoms with Crippen molar-refractivity contribution >= 4 is 5.91 Å². The summed E-state index contributed by atoms with van der Waals surface area (Å²) in [6.07, 6.45) is 12.4. The zero-order chi connectivity index (χ0) is 13.2. The van der Waals surface area contributed by atoms with Gasteiger partial charge in [0.25, 0.3) is 0 Å². The minimum atomic E-state index is 0.105. The smallest absolute Gasteiger partial charge is 0.220 e. The van der Waals surface area contributed by atoms with Gasteiger partial charge in [0.2, 0.25) is 5.91 Å². The van der Waals surface area contributed by atoms with Gasteiger partial charge in [-0.2, -0.15) is 0 Å². The molecule has 2 atom stereocenters. The van der Waals surface area contributed by atoms with Crippen LogP contribution in [0.4, 0.5) is 0 Å². The first-order valence-electron chi connectivity index (χ1n) is 6.90. The lowest BCUT2D eigenvalue weighted by molar-refractivity contribution is -0.125. The molecule has 0 aromatic carbocycles. The van der Waals surface area contributed by atoms with Crippen LogP contribution in [0.15, 0.2) is 35.5 Å². The topological polar surface area (TPSA) is 29.1 Å². The van der Waals surface area contributed by atoms with Crippen molar-refractivity contribution in [2.45, 2.75) is 52.5 Å². The van der Waals surface area contributed by atoms with Gasteiger partial charge in [-0.25, -0.2) is 0 Å². The SMILES string of the molecule is C/C=C\C1=C(/C=C\C)C2(C)CCC(=O)N[C@@H]2CC1. The number of fused-ring (bicyclic) bond motifs is 1. The molecule has 1 N–H and O–H groups in total. The van der Waals surface area contributed by atoms with Crippen molar-refractivity contribution in [2.75, 3.05) is 0 Å². The van der Waals surface area contributed by atoms with Crippen molar-refractivity contribution in [3.63, 3.8) is 0 Å². The first kappa shape index (κ1) is 13.1. The first-order valence-corrected chi connectivity index (χ1v) is 6.90. The number of nitrogens with one attached hydrogen (secondary N) is 1. The number of carbonyl (C=O) groups is 1. The maximum Gasteiger partial charge on any atom is 0.220 e. The summed E-state index contributed by atoms with van der Waals surface area (Å²) >= 11 is 0. The molecule has 0 aromatic rings. The fourth-order valence-electron chi connectivity index (χ4n) is 3.33. The maximum absolute atomic E-state index is 11.6. The van der Waals surface area contributed by atoms with Crippen LogP contribution in [0.25, 0.3) is 0 Å². The Labute approximate surface area is 110 Å². The molecule has 0 spiro atoms. The molecule has 2 nitrogen and oxygen atoms in total. The minimum Gasteiger partial charge on any atom is -0.352 e. The fraction of sp³-hybridized carbons (Fsp3) is 0.562. The highest BCUT2D eigenvalue weighted by molar-refractivity contribution is 5.78. The highest BCUT2D eigenvalue weighted by Gasteiger charge is 2.43. The van der Waals surface area contributed by atoms with Crippen molar-refractivity contribution in [1.29, 1.82) is 0 Å². The van der Waals surface area contributed by atoms with Gasteiger partial charge in [0, 0.05) is 17.9 Å². The van der Waals surface area contributed by atoms with Crippen LogP contribution >= 0.6 is 0 Å². The minimum absolute atomic E-state index is 0.105. The van der Waals surface area contributed by atoms with Crippen LogP contribution in [0.5, 0.6) is 0 Å². The zero-order valence-corrected chi connectivity index (χ0v) is 11.6. The van der Waals surface area contributed by atoms with Crippen molar-refractivity contribution in [3.05, 3.63) is 35.5 Å². The van der Waals surface area contributed by atoms with E-state index in [0.717, 1.165) is 19.3 Å². The van der Waals surface area contributed by atoms with Crippen molar-refractivity contribution < 1.29 is 4.79 Å². The van der Waals surface area contributed by atoms with Gasteiger partial charge in [-0.3, -0.25) is 4.79 Å². The van der Waals surface area contributed by atoms with Crippen molar-refractivity contribution in [1.82, 2.24) is 5.32 Å². The van der Waals surface area contributed by atoms with Gasteiger partial charge in [-0.05, 0) is 44.3 Å². The Bertz CT molecular complexity index is 430. The highest BCUT2D eigenvalue weighted by Crippen LogP contribution is 2.46. The van der Waals surface area contributed by atoms with Crippen LogP contribution in [0.2, 0.25) is 0 Å². The molecule has 98 valence electrons. The van der Waals surface area contributed by atoms with Crippen LogP contribution in [0.1, 0.15) is 46.5 Å². The number of carbonyl (C=O) groups excluding carboxylic acids is 1. The predicted molar refractivity (Wildman–Crippen MR) is 75.2 cm³/mol. The van der Waals surface area contributed by atoms with E-state index in [1.807, 2.05) is 0 Å². The third-order valence-corrected chi connectivity index (χ3v) is 4.34. The van der Waals surface area contributed by atoms with Crippen LogP contribution in [0, 0.1) is 5.41 Å². The Morgan fingerprint density at radius 1 is 1.22 bits per heavy atom. The van der Waals surface area contributed by atoms with Crippen LogP contribution < -0.4 is 5.32 Å². The molecule has 2 rings (SSSR count). The second-order valence-electron chi connectivity index (χ2n) is 5.52. The summed E-state index contributed by atoms with van der Waals surface area (Å²) in [6.45, 7) is 6.43. The quantitative estimate of drug-likeness (QED) is 0.792. The van der Waals surface area contributed by atoms with Gasteiger partial charge in [0.1, 0.15) is 0 Å². The molecular formula is C16H23NO. The van der Waals surface area contributed by atoms with Gasteiger partial charge in [-0.1, -0.05) is 31.2 Å². The van der Waals surface area contributed by atoms with E-state index in [1.54, 1.807) is 0 Å². The average molecular weight is 245 g/mol. The largest absolute Gasteiger partial charge is 0.352 e. The Morgan fingerprint density at radius 3 is 2.61 bits per heavy atom. The molecule has 2 aliphatic rings. The third kappa shape index (κ3) is 2.16. The number of hydrogen-bond donors (Lipinski definition) is 1. The van der Waals surface area contributed by atoms with Gasteiger partial charge in [0.15, 0.2) is 0 Å². The van der Waals surface area contributed by atoms with E-state index in [-0.39, 0.29) is 11.3 Å². The molecule has 2 heteroatoms. The summed E-state index contributed by atoms with van der Waals surface area (Å²) in [7, 11) is 0. The highest BCUT2D eigenvalue weighted by atomic mass is 16.1. The van der Waals surface area contributed by atoms with E-state index in [0.29, 0.717) is 12.5 Å². The zero-order valence-electron chi connectivity index (χ0n) is 11.6. The van der Waals surface area contributed by atoms with E-state index in [2.05, 4.69) is 50.4 Å².